The molecule has 4 nitrogen and oxygen atoms in total. The van der Waals surface area contributed by atoms with Crippen molar-refractivity contribution in [1.29, 1.82) is 0 Å². The lowest BCUT2D eigenvalue weighted by molar-refractivity contribution is -0.148. The third-order valence-electron chi connectivity index (χ3n) is 3.10. The molecule has 100 valence electrons. The molecule has 17 heavy (non-hydrogen) atoms. The Morgan fingerprint density at radius 2 is 2.12 bits per heavy atom. The Morgan fingerprint density at radius 1 is 1.41 bits per heavy atom. The molecule has 2 heterocycles. The number of ether oxygens (including phenoxy) is 1. The Balaban J connectivity index is 2.13. The molecular weight excluding hydrogens is 259 g/mol. The van der Waals surface area contributed by atoms with E-state index >= 15 is 0 Å². The number of aliphatic hydroxyl groups excluding tert-OH is 2. The first-order valence-corrected chi connectivity index (χ1v) is 6.30. The van der Waals surface area contributed by atoms with Gasteiger partial charge in [0.05, 0.1) is 12.6 Å². The standard InChI is InChI=1S/C9H14F3NO3S/c10-1-4(8(11)12)13-3-17-9-6(13)7(15)5(14)2-16-9/h4-9,14-15H,1-3H2. The van der Waals surface area contributed by atoms with Crippen LogP contribution in [0, 0.1) is 0 Å². The number of hydrogen-bond acceptors (Lipinski definition) is 5. The van der Waals surface area contributed by atoms with Gasteiger partial charge in [0.15, 0.2) is 0 Å². The molecule has 2 fully saturated rings. The molecule has 0 radical (unpaired) electrons. The van der Waals surface area contributed by atoms with E-state index < -0.39 is 42.8 Å². The van der Waals surface area contributed by atoms with Crippen molar-refractivity contribution >= 4 is 11.8 Å². The molecule has 2 N–H and O–H groups in total. The van der Waals surface area contributed by atoms with Crippen LogP contribution in [0.5, 0.6) is 0 Å². The van der Waals surface area contributed by atoms with Crippen molar-refractivity contribution in [2.75, 3.05) is 19.2 Å². The highest BCUT2D eigenvalue weighted by molar-refractivity contribution is 8.00. The van der Waals surface area contributed by atoms with Gasteiger partial charge in [-0.3, -0.25) is 4.90 Å². The number of thioether (sulfide) groups is 1. The Morgan fingerprint density at radius 3 is 2.71 bits per heavy atom. The minimum Gasteiger partial charge on any atom is -0.389 e. The number of alkyl halides is 3. The van der Waals surface area contributed by atoms with Crippen LogP contribution >= 0.6 is 11.8 Å². The van der Waals surface area contributed by atoms with Crippen molar-refractivity contribution in [3.63, 3.8) is 0 Å². The number of nitrogens with zero attached hydrogens (tertiary/aromatic N) is 1. The number of hydrogen-bond donors (Lipinski definition) is 2. The molecule has 2 aliphatic heterocycles. The van der Waals surface area contributed by atoms with E-state index in [1.807, 2.05) is 0 Å². The van der Waals surface area contributed by atoms with Crippen LogP contribution in [0.15, 0.2) is 0 Å². The summed E-state index contributed by atoms with van der Waals surface area (Å²) in [6, 6.07) is -2.33. The average Bonchev–Trinajstić information content (AvgIpc) is 2.69. The summed E-state index contributed by atoms with van der Waals surface area (Å²) in [6.45, 7) is -1.22. The molecule has 5 unspecified atom stereocenters. The number of aliphatic hydroxyl groups is 2. The molecule has 2 rings (SSSR count). The van der Waals surface area contributed by atoms with E-state index in [2.05, 4.69) is 0 Å². The molecule has 0 aromatic rings. The summed E-state index contributed by atoms with van der Waals surface area (Å²) >= 11 is 1.23. The first kappa shape index (κ1) is 13.4. The lowest BCUT2D eigenvalue weighted by Gasteiger charge is -2.39. The molecule has 5 atom stereocenters. The minimum atomic E-state index is -2.83. The third-order valence-corrected chi connectivity index (χ3v) is 4.29. The predicted molar refractivity (Wildman–Crippen MR) is 55.6 cm³/mol. The zero-order valence-electron chi connectivity index (χ0n) is 8.88. The van der Waals surface area contributed by atoms with Gasteiger partial charge < -0.3 is 14.9 Å². The maximum atomic E-state index is 12.7. The molecule has 0 aromatic carbocycles. The van der Waals surface area contributed by atoms with Crippen LogP contribution in [0.3, 0.4) is 0 Å². The monoisotopic (exact) mass is 273 g/mol. The van der Waals surface area contributed by atoms with Gasteiger partial charge in [0.25, 0.3) is 6.43 Å². The zero-order chi connectivity index (χ0) is 12.6. The second kappa shape index (κ2) is 5.31. The van der Waals surface area contributed by atoms with E-state index in [1.165, 1.54) is 16.7 Å². The quantitative estimate of drug-likeness (QED) is 0.760. The van der Waals surface area contributed by atoms with Crippen molar-refractivity contribution < 1.29 is 28.1 Å². The Hall–Kier alpha value is -0.0200. The Kier molecular flexibility index (Phi) is 4.19. The molecule has 0 bridgehead atoms. The number of rotatable bonds is 3. The SMILES string of the molecule is OC1COC2SCN(C(CF)C(F)F)C2C1O. The molecule has 2 saturated heterocycles. The molecule has 0 spiro atoms. The van der Waals surface area contributed by atoms with Gasteiger partial charge in [0.1, 0.15) is 30.4 Å². The van der Waals surface area contributed by atoms with Gasteiger partial charge in [-0.2, -0.15) is 0 Å². The Bertz CT molecular complexity index is 274. The van der Waals surface area contributed by atoms with Crippen molar-refractivity contribution in [3.05, 3.63) is 0 Å². The smallest absolute Gasteiger partial charge is 0.256 e. The topological polar surface area (TPSA) is 52.9 Å². The molecule has 0 saturated carbocycles. The third kappa shape index (κ3) is 2.41. The lowest BCUT2D eigenvalue weighted by Crippen LogP contribution is -2.59. The van der Waals surface area contributed by atoms with Crippen LogP contribution in [0.25, 0.3) is 0 Å². The largest absolute Gasteiger partial charge is 0.389 e. The summed E-state index contributed by atoms with van der Waals surface area (Å²) in [5.74, 6) is 0.165. The van der Waals surface area contributed by atoms with Crippen LogP contribution < -0.4 is 0 Å². The normalized spacial score (nSPS) is 40.6. The van der Waals surface area contributed by atoms with Crippen LogP contribution in [0.4, 0.5) is 13.2 Å². The summed E-state index contributed by atoms with van der Waals surface area (Å²) in [7, 11) is 0. The second-order valence-corrected chi connectivity index (χ2v) is 5.17. The van der Waals surface area contributed by atoms with Gasteiger partial charge in [0, 0.05) is 5.88 Å². The minimum absolute atomic E-state index is 0.0296. The molecule has 0 aromatic heterocycles. The second-order valence-electron chi connectivity index (χ2n) is 4.12. The van der Waals surface area contributed by atoms with Crippen molar-refractivity contribution in [2.45, 2.75) is 36.2 Å². The van der Waals surface area contributed by atoms with Crippen LogP contribution in [0.2, 0.25) is 0 Å². The lowest BCUT2D eigenvalue weighted by atomic mass is 10.0. The fourth-order valence-corrected chi connectivity index (χ4v) is 3.51. The summed E-state index contributed by atoms with van der Waals surface area (Å²) in [5, 5.41) is 19.2. The fraction of sp³-hybridized carbons (Fsp3) is 1.00. The highest BCUT2D eigenvalue weighted by atomic mass is 32.2. The molecular formula is C9H14F3NO3S. The van der Waals surface area contributed by atoms with Gasteiger partial charge in [-0.05, 0) is 0 Å². The maximum Gasteiger partial charge on any atom is 0.256 e. The predicted octanol–water partition coefficient (Wildman–Crippen LogP) is 0.0426. The summed E-state index contributed by atoms with van der Waals surface area (Å²) in [5.41, 5.74) is -0.485. The van der Waals surface area contributed by atoms with E-state index in [4.69, 9.17) is 4.74 Å². The summed E-state index contributed by atoms with van der Waals surface area (Å²) in [4.78, 5) is 1.19. The van der Waals surface area contributed by atoms with E-state index in [1.54, 1.807) is 0 Å². The van der Waals surface area contributed by atoms with Crippen LogP contribution in [-0.2, 0) is 4.74 Å². The summed E-state index contributed by atoms with van der Waals surface area (Å²) < 4.78 is 43.2. The van der Waals surface area contributed by atoms with Gasteiger partial charge in [-0.1, -0.05) is 0 Å². The zero-order valence-corrected chi connectivity index (χ0v) is 9.69. The van der Waals surface area contributed by atoms with Crippen molar-refractivity contribution in [1.82, 2.24) is 4.90 Å². The van der Waals surface area contributed by atoms with Gasteiger partial charge in [-0.25, -0.2) is 13.2 Å². The fourth-order valence-electron chi connectivity index (χ4n) is 2.14. The van der Waals surface area contributed by atoms with Crippen LogP contribution in [0.1, 0.15) is 0 Å². The average molecular weight is 273 g/mol. The number of halogens is 3. The van der Waals surface area contributed by atoms with Gasteiger partial charge in [0.2, 0.25) is 0 Å². The van der Waals surface area contributed by atoms with E-state index in [9.17, 15) is 23.4 Å². The highest BCUT2D eigenvalue weighted by Gasteiger charge is 2.50. The van der Waals surface area contributed by atoms with Crippen LogP contribution in [-0.4, -0.2) is 70.4 Å². The molecule has 8 heteroatoms. The highest BCUT2D eigenvalue weighted by Crippen LogP contribution is 2.38. The summed E-state index contributed by atoms with van der Waals surface area (Å²) in [6.07, 6.45) is -5.13. The molecule has 0 amide bonds. The van der Waals surface area contributed by atoms with E-state index in [-0.39, 0.29) is 12.5 Å². The van der Waals surface area contributed by atoms with Crippen molar-refractivity contribution in [3.8, 4) is 0 Å². The number of fused-ring (bicyclic) bond motifs is 1. The Labute approximate surface area is 101 Å². The van der Waals surface area contributed by atoms with E-state index in [0.29, 0.717) is 0 Å². The maximum absolute atomic E-state index is 12.7. The van der Waals surface area contributed by atoms with Gasteiger partial charge in [-0.15, -0.1) is 11.8 Å². The van der Waals surface area contributed by atoms with Gasteiger partial charge >= 0.3 is 0 Å². The van der Waals surface area contributed by atoms with Crippen molar-refractivity contribution in [2.24, 2.45) is 0 Å². The first-order chi connectivity index (χ1) is 8.06. The van der Waals surface area contributed by atoms with E-state index in [0.717, 1.165) is 0 Å². The first-order valence-electron chi connectivity index (χ1n) is 5.25. The molecule has 0 aliphatic carbocycles. The molecule has 2 aliphatic rings.